The topological polar surface area (TPSA) is 42.4 Å². The third-order valence-corrected chi connectivity index (χ3v) is 3.77. The lowest BCUT2D eigenvalue weighted by molar-refractivity contribution is 0.0255. The predicted molar refractivity (Wildman–Crippen MR) is 83.0 cm³/mol. The van der Waals surface area contributed by atoms with E-state index in [1.807, 2.05) is 26.8 Å². The SMILES string of the molecule is CC(C)(C)OC(=O)N1CCCC(Cc2cccc(F)n2)CC1. The van der Waals surface area contributed by atoms with Crippen LogP contribution < -0.4 is 0 Å². The van der Waals surface area contributed by atoms with E-state index in [2.05, 4.69) is 4.98 Å². The van der Waals surface area contributed by atoms with Gasteiger partial charge >= 0.3 is 6.09 Å². The summed E-state index contributed by atoms with van der Waals surface area (Å²) >= 11 is 0. The van der Waals surface area contributed by atoms with Gasteiger partial charge in [0, 0.05) is 18.8 Å². The third-order valence-electron chi connectivity index (χ3n) is 3.77. The number of nitrogens with zero attached hydrogens (tertiary/aromatic N) is 2. The van der Waals surface area contributed by atoms with Crippen LogP contribution in [0.2, 0.25) is 0 Å². The third kappa shape index (κ3) is 5.28. The molecule has 1 saturated heterocycles. The maximum atomic E-state index is 13.1. The molecule has 1 aliphatic heterocycles. The van der Waals surface area contributed by atoms with Crippen LogP contribution in [0.25, 0.3) is 0 Å². The first-order valence-electron chi connectivity index (χ1n) is 7.93. The van der Waals surface area contributed by atoms with Crippen LogP contribution in [0.3, 0.4) is 0 Å². The van der Waals surface area contributed by atoms with Crippen LogP contribution >= 0.6 is 0 Å². The van der Waals surface area contributed by atoms with Crippen molar-refractivity contribution in [2.45, 2.75) is 52.1 Å². The molecular weight excluding hydrogens is 283 g/mol. The van der Waals surface area contributed by atoms with E-state index >= 15 is 0 Å². The fraction of sp³-hybridized carbons (Fsp3) is 0.647. The molecule has 1 atom stereocenters. The number of rotatable bonds is 2. The van der Waals surface area contributed by atoms with Crippen molar-refractivity contribution in [1.29, 1.82) is 0 Å². The first-order chi connectivity index (χ1) is 10.3. The first-order valence-corrected chi connectivity index (χ1v) is 7.93. The first kappa shape index (κ1) is 16.7. The molecular formula is C17H25FN2O2. The fourth-order valence-corrected chi connectivity index (χ4v) is 2.74. The molecule has 1 aromatic heterocycles. The Kier molecular flexibility index (Phi) is 5.37. The summed E-state index contributed by atoms with van der Waals surface area (Å²) in [6.07, 6.45) is 3.39. The van der Waals surface area contributed by atoms with E-state index in [-0.39, 0.29) is 6.09 Å². The molecule has 122 valence electrons. The zero-order valence-corrected chi connectivity index (χ0v) is 13.6. The lowest BCUT2D eigenvalue weighted by Gasteiger charge is -2.26. The van der Waals surface area contributed by atoms with E-state index in [0.717, 1.165) is 37.9 Å². The zero-order chi connectivity index (χ0) is 16.2. The molecule has 0 spiro atoms. The number of halogens is 1. The number of aromatic nitrogens is 1. The summed E-state index contributed by atoms with van der Waals surface area (Å²) < 4.78 is 18.6. The van der Waals surface area contributed by atoms with Crippen LogP contribution in [0.1, 0.15) is 45.7 Å². The van der Waals surface area contributed by atoms with Gasteiger partial charge < -0.3 is 9.64 Å². The molecule has 2 rings (SSSR count). The minimum atomic E-state index is -0.464. The van der Waals surface area contributed by atoms with E-state index in [1.54, 1.807) is 11.0 Å². The van der Waals surface area contributed by atoms with Crippen LogP contribution in [0, 0.1) is 11.9 Å². The number of pyridine rings is 1. The number of ether oxygens (including phenoxy) is 1. The number of amides is 1. The zero-order valence-electron chi connectivity index (χ0n) is 13.6. The molecule has 1 fully saturated rings. The van der Waals surface area contributed by atoms with Gasteiger partial charge in [-0.3, -0.25) is 0 Å². The van der Waals surface area contributed by atoms with E-state index in [9.17, 15) is 9.18 Å². The highest BCUT2D eigenvalue weighted by Crippen LogP contribution is 2.22. The van der Waals surface area contributed by atoms with Crippen molar-refractivity contribution in [2.24, 2.45) is 5.92 Å². The standard InChI is InChI=1S/C17H25FN2O2/c1-17(2,3)22-16(21)20-10-5-6-13(9-11-20)12-14-7-4-8-15(18)19-14/h4,7-8,13H,5-6,9-12H2,1-3H3. The lowest BCUT2D eigenvalue weighted by Crippen LogP contribution is -2.37. The molecule has 2 heterocycles. The Balaban J connectivity index is 1.88. The van der Waals surface area contributed by atoms with Crippen molar-refractivity contribution in [3.8, 4) is 0 Å². The second-order valence-corrected chi connectivity index (χ2v) is 6.92. The molecule has 1 aliphatic rings. The van der Waals surface area contributed by atoms with Crippen molar-refractivity contribution in [1.82, 2.24) is 9.88 Å². The average molecular weight is 308 g/mol. The van der Waals surface area contributed by atoms with E-state index < -0.39 is 11.5 Å². The molecule has 1 unspecified atom stereocenters. The molecule has 0 radical (unpaired) electrons. The second kappa shape index (κ2) is 7.07. The van der Waals surface area contributed by atoms with Crippen molar-refractivity contribution in [2.75, 3.05) is 13.1 Å². The van der Waals surface area contributed by atoms with Crippen molar-refractivity contribution in [3.63, 3.8) is 0 Å². The summed E-state index contributed by atoms with van der Waals surface area (Å²) in [5.74, 6) is 0.00300. The van der Waals surface area contributed by atoms with E-state index in [1.165, 1.54) is 6.07 Å². The van der Waals surface area contributed by atoms with Crippen molar-refractivity contribution >= 4 is 6.09 Å². The number of likely N-dealkylation sites (tertiary alicyclic amines) is 1. The summed E-state index contributed by atoms with van der Waals surface area (Å²) in [7, 11) is 0. The highest BCUT2D eigenvalue weighted by Gasteiger charge is 2.25. The summed E-state index contributed by atoms with van der Waals surface area (Å²) in [5, 5.41) is 0. The summed E-state index contributed by atoms with van der Waals surface area (Å²) in [4.78, 5) is 17.8. The molecule has 0 N–H and O–H groups in total. The van der Waals surface area contributed by atoms with Gasteiger partial charge in [-0.05, 0) is 64.5 Å². The Morgan fingerprint density at radius 3 is 2.82 bits per heavy atom. The molecule has 0 bridgehead atoms. The maximum Gasteiger partial charge on any atom is 0.410 e. The molecule has 0 aliphatic carbocycles. The Labute approximate surface area is 131 Å². The van der Waals surface area contributed by atoms with Gasteiger partial charge in [-0.1, -0.05) is 6.07 Å². The van der Waals surface area contributed by atoms with Crippen molar-refractivity contribution < 1.29 is 13.9 Å². The summed E-state index contributed by atoms with van der Waals surface area (Å²) in [5.41, 5.74) is 0.324. The maximum absolute atomic E-state index is 13.1. The Morgan fingerprint density at radius 2 is 2.14 bits per heavy atom. The van der Waals surface area contributed by atoms with E-state index in [4.69, 9.17) is 4.74 Å². The quantitative estimate of drug-likeness (QED) is 0.780. The van der Waals surface area contributed by atoms with Crippen LogP contribution in [0.5, 0.6) is 0 Å². The van der Waals surface area contributed by atoms with E-state index in [0.29, 0.717) is 12.5 Å². The highest BCUT2D eigenvalue weighted by atomic mass is 19.1. The molecule has 0 saturated carbocycles. The molecule has 22 heavy (non-hydrogen) atoms. The molecule has 4 nitrogen and oxygen atoms in total. The van der Waals surface area contributed by atoms with Gasteiger partial charge in [0.05, 0.1) is 0 Å². The summed E-state index contributed by atoms with van der Waals surface area (Å²) in [6, 6.07) is 4.92. The lowest BCUT2D eigenvalue weighted by atomic mass is 9.95. The monoisotopic (exact) mass is 308 g/mol. The van der Waals surface area contributed by atoms with Gasteiger partial charge in [0.1, 0.15) is 5.60 Å². The van der Waals surface area contributed by atoms with Gasteiger partial charge in [-0.2, -0.15) is 4.39 Å². The van der Waals surface area contributed by atoms with Gasteiger partial charge in [0.25, 0.3) is 0 Å². The van der Waals surface area contributed by atoms with Crippen LogP contribution in [-0.4, -0.2) is 34.7 Å². The van der Waals surface area contributed by atoms with Gasteiger partial charge in [-0.25, -0.2) is 9.78 Å². The normalized spacial score (nSPS) is 19.6. The fourth-order valence-electron chi connectivity index (χ4n) is 2.74. The number of carbonyl (C=O) groups is 1. The largest absolute Gasteiger partial charge is 0.444 e. The number of hydrogen-bond acceptors (Lipinski definition) is 3. The highest BCUT2D eigenvalue weighted by molar-refractivity contribution is 5.68. The average Bonchev–Trinajstić information content (AvgIpc) is 2.62. The predicted octanol–water partition coefficient (Wildman–Crippen LogP) is 3.80. The van der Waals surface area contributed by atoms with Gasteiger partial charge in [-0.15, -0.1) is 0 Å². The minimum Gasteiger partial charge on any atom is -0.444 e. The van der Waals surface area contributed by atoms with Gasteiger partial charge in [0.15, 0.2) is 0 Å². The smallest absolute Gasteiger partial charge is 0.410 e. The number of carbonyl (C=O) groups excluding carboxylic acids is 1. The molecule has 1 aromatic rings. The Bertz CT molecular complexity index is 514. The van der Waals surface area contributed by atoms with Gasteiger partial charge in [0.2, 0.25) is 5.95 Å². The Morgan fingerprint density at radius 1 is 1.36 bits per heavy atom. The minimum absolute atomic E-state index is 0.239. The van der Waals surface area contributed by atoms with Crippen LogP contribution in [0.4, 0.5) is 9.18 Å². The van der Waals surface area contributed by atoms with Crippen LogP contribution in [0.15, 0.2) is 18.2 Å². The Hall–Kier alpha value is -1.65. The second-order valence-electron chi connectivity index (χ2n) is 6.92. The molecule has 1 amide bonds. The number of hydrogen-bond donors (Lipinski definition) is 0. The molecule has 0 aromatic carbocycles. The molecule has 5 heteroatoms. The van der Waals surface area contributed by atoms with Crippen LogP contribution in [-0.2, 0) is 11.2 Å². The summed E-state index contributed by atoms with van der Waals surface area (Å²) in [6.45, 7) is 7.04. The van der Waals surface area contributed by atoms with Crippen molar-refractivity contribution in [3.05, 3.63) is 29.8 Å².